The molecule has 2 N–H and O–H groups in total. The Bertz CT molecular complexity index is 331. The Balaban J connectivity index is 2.96. The van der Waals surface area contributed by atoms with Crippen LogP contribution in [0.3, 0.4) is 0 Å². The lowest BCUT2D eigenvalue weighted by Crippen LogP contribution is -2.61. The highest BCUT2D eigenvalue weighted by Crippen LogP contribution is 2.26. The van der Waals surface area contributed by atoms with Crippen LogP contribution in [0.1, 0.15) is 13.8 Å². The van der Waals surface area contributed by atoms with Crippen molar-refractivity contribution in [2.24, 2.45) is 0 Å². The summed E-state index contributed by atoms with van der Waals surface area (Å²) in [7, 11) is 1.30. The van der Waals surface area contributed by atoms with Gasteiger partial charge in [-0.15, -0.1) is 0 Å². The first-order valence-electron chi connectivity index (χ1n) is 5.72. The summed E-state index contributed by atoms with van der Waals surface area (Å²) in [5.41, 5.74) is 0. The van der Waals surface area contributed by atoms with E-state index in [1.54, 1.807) is 0 Å². The monoisotopic (exact) mass is 278 g/mol. The summed E-state index contributed by atoms with van der Waals surface area (Å²) in [5.74, 6) is -1.29. The van der Waals surface area contributed by atoms with E-state index in [-0.39, 0.29) is 0 Å². The van der Waals surface area contributed by atoms with Gasteiger partial charge in [-0.25, -0.2) is 0 Å². The molecule has 1 aliphatic heterocycles. The number of carbonyl (C=O) groups is 2. The summed E-state index contributed by atoms with van der Waals surface area (Å²) >= 11 is 0. The fourth-order valence-corrected chi connectivity index (χ4v) is 1.87. The molecular formula is C11H18O8. The Morgan fingerprint density at radius 2 is 1.68 bits per heavy atom. The predicted molar refractivity (Wildman–Crippen MR) is 59.9 cm³/mol. The molecule has 1 saturated heterocycles. The second-order valence-electron chi connectivity index (χ2n) is 4.10. The molecule has 5 atom stereocenters. The third kappa shape index (κ3) is 3.87. The van der Waals surface area contributed by atoms with Crippen LogP contribution < -0.4 is 0 Å². The summed E-state index contributed by atoms with van der Waals surface area (Å²) in [6, 6.07) is 0. The van der Waals surface area contributed by atoms with Crippen molar-refractivity contribution in [2.45, 2.75) is 44.6 Å². The highest BCUT2D eigenvalue weighted by Gasteiger charge is 2.49. The van der Waals surface area contributed by atoms with E-state index in [0.717, 1.165) is 6.92 Å². The van der Waals surface area contributed by atoms with Crippen molar-refractivity contribution in [3.63, 3.8) is 0 Å². The third-order valence-corrected chi connectivity index (χ3v) is 2.63. The van der Waals surface area contributed by atoms with Crippen molar-refractivity contribution in [1.29, 1.82) is 0 Å². The van der Waals surface area contributed by atoms with Crippen LogP contribution in [0.4, 0.5) is 0 Å². The van der Waals surface area contributed by atoms with E-state index in [4.69, 9.17) is 24.1 Å². The van der Waals surface area contributed by atoms with Crippen molar-refractivity contribution < 1.29 is 38.7 Å². The molecule has 0 radical (unpaired) electrons. The molecule has 0 aromatic carbocycles. The Kier molecular flexibility index (Phi) is 5.67. The largest absolute Gasteiger partial charge is 0.455 e. The van der Waals surface area contributed by atoms with Crippen LogP contribution in [0.2, 0.25) is 0 Å². The average Bonchev–Trinajstić information content (AvgIpc) is 2.33. The maximum Gasteiger partial charge on any atom is 0.303 e. The third-order valence-electron chi connectivity index (χ3n) is 2.63. The second-order valence-corrected chi connectivity index (χ2v) is 4.10. The summed E-state index contributed by atoms with van der Waals surface area (Å²) in [6.07, 6.45) is -5.65. The molecule has 0 aromatic rings. The van der Waals surface area contributed by atoms with Crippen LogP contribution in [0.5, 0.6) is 0 Å². The van der Waals surface area contributed by atoms with E-state index >= 15 is 0 Å². The van der Waals surface area contributed by atoms with E-state index < -0.39 is 49.3 Å². The Hall–Kier alpha value is -1.22. The number of methoxy groups -OCH3 is 1. The van der Waals surface area contributed by atoms with Crippen molar-refractivity contribution in [2.75, 3.05) is 13.7 Å². The van der Waals surface area contributed by atoms with Crippen LogP contribution in [0, 0.1) is 0 Å². The van der Waals surface area contributed by atoms with Gasteiger partial charge >= 0.3 is 11.9 Å². The topological polar surface area (TPSA) is 112 Å². The number of rotatable bonds is 4. The van der Waals surface area contributed by atoms with Crippen molar-refractivity contribution in [3.05, 3.63) is 0 Å². The number of ether oxygens (including phenoxy) is 4. The molecule has 0 bridgehead atoms. The van der Waals surface area contributed by atoms with Crippen LogP contribution >= 0.6 is 0 Å². The molecule has 8 nitrogen and oxygen atoms in total. The number of carbonyl (C=O) groups excluding carboxylic acids is 2. The lowest BCUT2D eigenvalue weighted by atomic mass is 9.98. The standard InChI is InChI=1S/C11H18O8/c1-5(13)17-9-8(15)7(4-12)19-11(16-3)10(9)18-6(2)14/h7-12,15H,4H2,1-3H3/t7?,8-,9?,10?,11+/m1/s1. The minimum atomic E-state index is -1.33. The number of hydrogen-bond donors (Lipinski definition) is 2. The van der Waals surface area contributed by atoms with Gasteiger partial charge in [0, 0.05) is 21.0 Å². The van der Waals surface area contributed by atoms with Gasteiger partial charge in [0.05, 0.1) is 6.61 Å². The van der Waals surface area contributed by atoms with Gasteiger partial charge < -0.3 is 29.2 Å². The molecular weight excluding hydrogens is 260 g/mol. The second kappa shape index (κ2) is 6.80. The first-order chi connectivity index (χ1) is 8.90. The van der Waals surface area contributed by atoms with Crippen LogP contribution in [0.15, 0.2) is 0 Å². The summed E-state index contributed by atoms with van der Waals surface area (Å²) in [5, 5.41) is 19.1. The zero-order valence-electron chi connectivity index (χ0n) is 10.9. The lowest BCUT2D eigenvalue weighted by Gasteiger charge is -2.42. The smallest absolute Gasteiger partial charge is 0.303 e. The van der Waals surface area contributed by atoms with Gasteiger partial charge in [-0.2, -0.15) is 0 Å². The van der Waals surface area contributed by atoms with E-state index in [9.17, 15) is 14.7 Å². The number of esters is 2. The molecule has 1 fully saturated rings. The summed E-state index contributed by atoms with van der Waals surface area (Å²) in [4.78, 5) is 22.1. The number of hydrogen-bond acceptors (Lipinski definition) is 8. The Morgan fingerprint density at radius 3 is 2.11 bits per heavy atom. The lowest BCUT2D eigenvalue weighted by molar-refractivity contribution is -0.299. The molecule has 110 valence electrons. The van der Waals surface area contributed by atoms with E-state index in [1.165, 1.54) is 14.0 Å². The first-order valence-corrected chi connectivity index (χ1v) is 5.72. The van der Waals surface area contributed by atoms with Crippen molar-refractivity contribution in [3.8, 4) is 0 Å². The minimum absolute atomic E-state index is 0.494. The zero-order valence-corrected chi connectivity index (χ0v) is 10.9. The van der Waals surface area contributed by atoms with Gasteiger partial charge in [-0.1, -0.05) is 0 Å². The Morgan fingerprint density at radius 1 is 1.16 bits per heavy atom. The van der Waals surface area contributed by atoms with E-state index in [2.05, 4.69) is 0 Å². The van der Waals surface area contributed by atoms with Crippen molar-refractivity contribution in [1.82, 2.24) is 0 Å². The van der Waals surface area contributed by atoms with E-state index in [1.807, 2.05) is 0 Å². The molecule has 0 amide bonds. The number of aliphatic hydroxyl groups excluding tert-OH is 2. The zero-order chi connectivity index (χ0) is 14.6. The Labute approximate surface area is 110 Å². The van der Waals surface area contributed by atoms with Crippen LogP contribution in [-0.4, -0.2) is 66.6 Å². The molecule has 0 spiro atoms. The van der Waals surface area contributed by atoms with E-state index in [0.29, 0.717) is 0 Å². The van der Waals surface area contributed by atoms with Crippen LogP contribution in [0.25, 0.3) is 0 Å². The molecule has 0 aliphatic carbocycles. The molecule has 0 saturated carbocycles. The highest BCUT2D eigenvalue weighted by atomic mass is 16.7. The average molecular weight is 278 g/mol. The molecule has 3 unspecified atom stereocenters. The van der Waals surface area contributed by atoms with Gasteiger partial charge in [0.1, 0.15) is 12.2 Å². The molecule has 8 heteroatoms. The van der Waals surface area contributed by atoms with Gasteiger partial charge in [-0.05, 0) is 0 Å². The molecule has 1 heterocycles. The fourth-order valence-electron chi connectivity index (χ4n) is 1.87. The normalized spacial score (nSPS) is 34.7. The maximum absolute atomic E-state index is 11.1. The SMILES string of the molecule is CO[C@H]1OC(CO)[C@@H](O)C(OC(C)=O)C1OC(C)=O. The van der Waals surface area contributed by atoms with Gasteiger partial charge in [0.15, 0.2) is 18.5 Å². The minimum Gasteiger partial charge on any atom is -0.455 e. The summed E-state index contributed by atoms with van der Waals surface area (Å²) < 4.78 is 20.1. The predicted octanol–water partition coefficient (Wildman–Crippen LogP) is -1.43. The molecule has 0 aromatic heterocycles. The molecule has 1 aliphatic rings. The van der Waals surface area contributed by atoms with Crippen LogP contribution in [-0.2, 0) is 28.5 Å². The molecule has 19 heavy (non-hydrogen) atoms. The highest BCUT2D eigenvalue weighted by molar-refractivity contribution is 5.67. The quantitative estimate of drug-likeness (QED) is 0.602. The fraction of sp³-hybridized carbons (Fsp3) is 0.818. The molecule has 1 rings (SSSR count). The summed E-state index contributed by atoms with van der Waals surface area (Å²) in [6.45, 7) is 1.83. The van der Waals surface area contributed by atoms with Gasteiger partial charge in [-0.3, -0.25) is 9.59 Å². The van der Waals surface area contributed by atoms with Gasteiger partial charge in [0.2, 0.25) is 0 Å². The van der Waals surface area contributed by atoms with Gasteiger partial charge in [0.25, 0.3) is 0 Å². The maximum atomic E-state index is 11.1. The number of aliphatic hydroxyl groups is 2. The first kappa shape index (κ1) is 15.8. The van der Waals surface area contributed by atoms with Crippen molar-refractivity contribution >= 4 is 11.9 Å².